The monoisotopic (exact) mass is 298 g/mol. The minimum atomic E-state index is -5.62. The molecule has 1 unspecified atom stereocenters. The summed E-state index contributed by atoms with van der Waals surface area (Å²) in [5.74, 6) is 0. The lowest BCUT2D eigenvalue weighted by Gasteiger charge is -2.21. The van der Waals surface area contributed by atoms with Crippen LogP contribution in [0.15, 0.2) is 0 Å². The number of rotatable bonds is 3. The minimum absolute atomic E-state index is 0. The highest BCUT2D eigenvalue weighted by atomic mass is 35.5. The summed E-state index contributed by atoms with van der Waals surface area (Å²) >= 11 is 0. The van der Waals surface area contributed by atoms with Crippen LogP contribution in [0.4, 0.5) is 26.3 Å². The van der Waals surface area contributed by atoms with Crippen LogP contribution in [0.1, 0.15) is 6.42 Å². The predicted octanol–water partition coefficient (Wildman–Crippen LogP) is 2.40. The summed E-state index contributed by atoms with van der Waals surface area (Å²) in [4.78, 5) is 15.9. The average molecular weight is 299 g/mol. The van der Waals surface area contributed by atoms with Crippen molar-refractivity contribution in [1.29, 1.82) is 0 Å². The van der Waals surface area contributed by atoms with E-state index in [2.05, 4.69) is 4.52 Å². The van der Waals surface area contributed by atoms with E-state index < -0.39 is 32.7 Å². The summed E-state index contributed by atoms with van der Waals surface area (Å²) in [6.07, 6.45) is -16.8. The van der Waals surface area contributed by atoms with Gasteiger partial charge in [0, 0.05) is 0 Å². The SMILES string of the molecule is Cl.O=P(O)(O)OC(CC(F)(F)F)C(F)(F)F. The van der Waals surface area contributed by atoms with Crippen molar-refractivity contribution < 1.29 is 45.2 Å². The lowest BCUT2D eigenvalue weighted by Crippen LogP contribution is -2.35. The predicted molar refractivity (Wildman–Crippen MR) is 40.9 cm³/mol. The largest absolute Gasteiger partial charge is 0.470 e. The van der Waals surface area contributed by atoms with Gasteiger partial charge in [0.2, 0.25) is 0 Å². The maximum atomic E-state index is 11.8. The molecule has 0 aromatic heterocycles. The van der Waals surface area contributed by atoms with Crippen LogP contribution in [0.25, 0.3) is 0 Å². The standard InChI is InChI=1S/C4H5F6O4P.ClH/c5-3(6,7)1-2(4(8,9)10)14-15(11,12)13;/h2H,1H2,(H2,11,12,13);1H. The molecule has 0 aliphatic carbocycles. The van der Waals surface area contributed by atoms with Gasteiger partial charge >= 0.3 is 20.2 Å². The van der Waals surface area contributed by atoms with Gasteiger partial charge in [-0.3, -0.25) is 4.52 Å². The third kappa shape index (κ3) is 9.22. The fourth-order valence-electron chi connectivity index (χ4n) is 0.589. The Labute approximate surface area is 91.2 Å². The minimum Gasteiger partial charge on any atom is -0.303 e. The van der Waals surface area contributed by atoms with Gasteiger partial charge in [0.15, 0.2) is 6.10 Å². The van der Waals surface area contributed by atoms with Gasteiger partial charge in [0.25, 0.3) is 0 Å². The quantitative estimate of drug-likeness (QED) is 0.620. The molecule has 0 radical (unpaired) electrons. The zero-order valence-electron chi connectivity index (χ0n) is 7.12. The highest BCUT2D eigenvalue weighted by Crippen LogP contribution is 2.44. The number of alkyl halides is 6. The molecule has 1 atom stereocenters. The summed E-state index contributed by atoms with van der Waals surface area (Å²) in [5, 5.41) is 0. The summed E-state index contributed by atoms with van der Waals surface area (Å²) in [5.41, 5.74) is 0. The van der Waals surface area contributed by atoms with E-state index in [-0.39, 0.29) is 12.4 Å². The number of phosphoric acid groups is 1. The summed E-state index contributed by atoms with van der Waals surface area (Å²) < 4.78 is 83.2. The fraction of sp³-hybridized carbons (Fsp3) is 1.00. The molecule has 0 rings (SSSR count). The van der Waals surface area contributed by atoms with Gasteiger partial charge in [-0.05, 0) is 0 Å². The highest BCUT2D eigenvalue weighted by molar-refractivity contribution is 7.46. The first kappa shape index (κ1) is 18.3. The van der Waals surface area contributed by atoms with Crippen LogP contribution >= 0.6 is 20.2 Å². The van der Waals surface area contributed by atoms with Crippen LogP contribution in [0.2, 0.25) is 0 Å². The van der Waals surface area contributed by atoms with E-state index in [0.717, 1.165) is 0 Å². The Kier molecular flexibility index (Phi) is 6.36. The lowest BCUT2D eigenvalue weighted by molar-refractivity contribution is -0.237. The van der Waals surface area contributed by atoms with E-state index in [4.69, 9.17) is 9.79 Å². The van der Waals surface area contributed by atoms with Crippen molar-refractivity contribution in [3.05, 3.63) is 0 Å². The van der Waals surface area contributed by atoms with Crippen LogP contribution in [-0.4, -0.2) is 28.2 Å². The third-order valence-corrected chi connectivity index (χ3v) is 1.58. The van der Waals surface area contributed by atoms with Gasteiger partial charge in [-0.1, -0.05) is 0 Å². The summed E-state index contributed by atoms with van der Waals surface area (Å²) in [6.45, 7) is 0. The van der Waals surface area contributed by atoms with Crippen LogP contribution in [0, 0.1) is 0 Å². The lowest BCUT2D eigenvalue weighted by atomic mass is 10.2. The third-order valence-electron chi connectivity index (χ3n) is 1.05. The Balaban J connectivity index is 0. The van der Waals surface area contributed by atoms with E-state index in [1.807, 2.05) is 0 Å². The van der Waals surface area contributed by atoms with Crippen LogP contribution in [0.5, 0.6) is 0 Å². The Morgan fingerprint density at radius 3 is 1.69 bits per heavy atom. The van der Waals surface area contributed by atoms with E-state index in [1.165, 1.54) is 0 Å². The number of halogens is 7. The molecule has 0 bridgehead atoms. The molecule has 0 fully saturated rings. The average Bonchev–Trinajstić information content (AvgIpc) is 1.75. The topological polar surface area (TPSA) is 66.8 Å². The summed E-state index contributed by atoms with van der Waals surface area (Å²) in [6, 6.07) is 0. The highest BCUT2D eigenvalue weighted by Gasteiger charge is 2.50. The van der Waals surface area contributed by atoms with Gasteiger partial charge in [0.05, 0.1) is 6.42 Å². The van der Waals surface area contributed by atoms with Gasteiger partial charge in [-0.25, -0.2) is 4.57 Å². The normalized spacial score (nSPS) is 15.5. The zero-order chi connectivity index (χ0) is 12.5. The molecule has 0 spiro atoms. The molecule has 4 nitrogen and oxygen atoms in total. The van der Waals surface area contributed by atoms with Gasteiger partial charge in [-0.15, -0.1) is 12.4 Å². The Hall–Kier alpha value is -0.0200. The molecule has 12 heteroatoms. The summed E-state index contributed by atoms with van der Waals surface area (Å²) in [7, 11) is -5.62. The van der Waals surface area contributed by atoms with Crippen molar-refractivity contribution in [3.63, 3.8) is 0 Å². The first-order valence-corrected chi connectivity index (χ1v) is 4.72. The second-order valence-electron chi connectivity index (χ2n) is 2.45. The van der Waals surface area contributed by atoms with E-state index in [1.54, 1.807) is 0 Å². The molecular weight excluding hydrogens is 292 g/mol. The first-order chi connectivity index (χ1) is 6.31. The molecule has 0 aromatic rings. The molecule has 0 heterocycles. The van der Waals surface area contributed by atoms with Crippen molar-refractivity contribution in [2.45, 2.75) is 24.9 Å². The molecule has 0 saturated carbocycles. The van der Waals surface area contributed by atoms with Crippen LogP contribution in [0.3, 0.4) is 0 Å². The molecule has 0 aliphatic heterocycles. The van der Waals surface area contributed by atoms with Crippen LogP contribution < -0.4 is 0 Å². The molecular formula is C4H6ClF6O4P. The van der Waals surface area contributed by atoms with Crippen molar-refractivity contribution in [3.8, 4) is 0 Å². The van der Waals surface area contributed by atoms with Gasteiger partial charge < -0.3 is 9.79 Å². The number of hydrogen-bond donors (Lipinski definition) is 2. The maximum absolute atomic E-state index is 11.8. The molecule has 16 heavy (non-hydrogen) atoms. The van der Waals surface area contributed by atoms with Gasteiger partial charge in [0.1, 0.15) is 0 Å². The van der Waals surface area contributed by atoms with E-state index in [9.17, 15) is 30.9 Å². The molecule has 0 saturated heterocycles. The molecule has 0 aromatic carbocycles. The fourth-order valence-corrected chi connectivity index (χ4v) is 1.11. The van der Waals surface area contributed by atoms with Crippen LogP contribution in [-0.2, 0) is 9.09 Å². The van der Waals surface area contributed by atoms with Crippen molar-refractivity contribution in [2.24, 2.45) is 0 Å². The second kappa shape index (κ2) is 5.54. The van der Waals surface area contributed by atoms with E-state index >= 15 is 0 Å². The Morgan fingerprint density at radius 1 is 1.12 bits per heavy atom. The number of phosphoric ester groups is 1. The molecule has 100 valence electrons. The zero-order valence-corrected chi connectivity index (χ0v) is 8.83. The number of hydrogen-bond acceptors (Lipinski definition) is 2. The van der Waals surface area contributed by atoms with E-state index in [0.29, 0.717) is 0 Å². The molecule has 0 aliphatic rings. The maximum Gasteiger partial charge on any atom is 0.470 e. The van der Waals surface area contributed by atoms with Crippen molar-refractivity contribution in [1.82, 2.24) is 0 Å². The molecule has 0 amide bonds. The Morgan fingerprint density at radius 2 is 1.50 bits per heavy atom. The van der Waals surface area contributed by atoms with Crippen molar-refractivity contribution >= 4 is 20.2 Å². The van der Waals surface area contributed by atoms with Crippen molar-refractivity contribution in [2.75, 3.05) is 0 Å². The van der Waals surface area contributed by atoms with Gasteiger partial charge in [-0.2, -0.15) is 26.3 Å². The molecule has 2 N–H and O–H groups in total. The first-order valence-electron chi connectivity index (χ1n) is 3.19. The second-order valence-corrected chi connectivity index (χ2v) is 3.64. The Bertz CT molecular complexity index is 258. The smallest absolute Gasteiger partial charge is 0.303 e.